The van der Waals surface area contributed by atoms with E-state index in [0.29, 0.717) is 5.92 Å². The van der Waals surface area contributed by atoms with E-state index in [9.17, 15) is 0 Å². The van der Waals surface area contributed by atoms with Crippen LogP contribution in [0.3, 0.4) is 0 Å². The fourth-order valence-electron chi connectivity index (χ4n) is 1.75. The highest BCUT2D eigenvalue weighted by Gasteiger charge is 2.14. The van der Waals surface area contributed by atoms with Gasteiger partial charge in [0.2, 0.25) is 0 Å². The van der Waals surface area contributed by atoms with Gasteiger partial charge in [-0.05, 0) is 32.6 Å². The van der Waals surface area contributed by atoms with Crippen LogP contribution in [0, 0.1) is 19.8 Å². The van der Waals surface area contributed by atoms with Gasteiger partial charge in [0.15, 0.2) is 5.13 Å². The van der Waals surface area contributed by atoms with Crippen molar-refractivity contribution in [2.24, 2.45) is 5.92 Å². The lowest BCUT2D eigenvalue weighted by Crippen LogP contribution is -2.24. The summed E-state index contributed by atoms with van der Waals surface area (Å²) in [4.78, 5) is 5.76. The van der Waals surface area contributed by atoms with Crippen molar-refractivity contribution < 1.29 is 4.74 Å². The number of thiazole rings is 1. The van der Waals surface area contributed by atoms with Crippen LogP contribution in [0.25, 0.3) is 0 Å². The Hall–Kier alpha value is -0.610. The number of nitrogens with one attached hydrogen (secondary N) is 1. The Labute approximate surface area is 94.9 Å². The van der Waals surface area contributed by atoms with Crippen molar-refractivity contribution in [1.82, 2.24) is 4.98 Å². The van der Waals surface area contributed by atoms with Crippen LogP contribution in [0.15, 0.2) is 0 Å². The molecular formula is C11H18N2OS. The molecule has 0 radical (unpaired) electrons. The van der Waals surface area contributed by atoms with E-state index in [0.717, 1.165) is 30.6 Å². The predicted molar refractivity (Wildman–Crippen MR) is 63.6 cm³/mol. The molecule has 3 nitrogen and oxygen atoms in total. The van der Waals surface area contributed by atoms with Crippen LogP contribution in [0.2, 0.25) is 0 Å². The van der Waals surface area contributed by atoms with Crippen molar-refractivity contribution in [2.75, 3.05) is 25.1 Å². The number of hydrogen-bond acceptors (Lipinski definition) is 4. The van der Waals surface area contributed by atoms with Gasteiger partial charge in [-0.3, -0.25) is 0 Å². The third-order valence-corrected chi connectivity index (χ3v) is 3.86. The van der Waals surface area contributed by atoms with Gasteiger partial charge >= 0.3 is 0 Å². The van der Waals surface area contributed by atoms with Crippen molar-refractivity contribution >= 4 is 16.5 Å². The predicted octanol–water partition coefficient (Wildman–Crippen LogP) is 2.60. The summed E-state index contributed by atoms with van der Waals surface area (Å²) in [5, 5.41) is 4.45. The molecule has 1 fully saturated rings. The maximum Gasteiger partial charge on any atom is 0.183 e. The average Bonchev–Trinajstić information content (AvgIpc) is 2.57. The van der Waals surface area contributed by atoms with E-state index < -0.39 is 0 Å². The first-order valence-corrected chi connectivity index (χ1v) is 6.33. The molecule has 0 aromatic carbocycles. The average molecular weight is 226 g/mol. The highest BCUT2D eigenvalue weighted by molar-refractivity contribution is 7.15. The van der Waals surface area contributed by atoms with E-state index in [-0.39, 0.29) is 0 Å². The van der Waals surface area contributed by atoms with E-state index in [1.807, 2.05) is 0 Å². The van der Waals surface area contributed by atoms with Gasteiger partial charge in [0.1, 0.15) is 0 Å². The highest BCUT2D eigenvalue weighted by Crippen LogP contribution is 2.22. The summed E-state index contributed by atoms with van der Waals surface area (Å²) in [6.07, 6.45) is 2.47. The molecule has 0 spiro atoms. The van der Waals surface area contributed by atoms with Crippen LogP contribution in [0.1, 0.15) is 23.4 Å². The minimum atomic E-state index is 0.656. The van der Waals surface area contributed by atoms with E-state index in [2.05, 4.69) is 24.1 Å². The first-order chi connectivity index (χ1) is 7.25. The van der Waals surface area contributed by atoms with Gasteiger partial charge in [0, 0.05) is 18.0 Å². The fraction of sp³-hybridized carbons (Fsp3) is 0.727. The monoisotopic (exact) mass is 226 g/mol. The smallest absolute Gasteiger partial charge is 0.183 e. The standard InChI is InChI=1S/C11H18N2OS/c1-8-9(2)15-11(13-8)12-6-10-4-3-5-14-7-10/h10H,3-7H2,1-2H3,(H,12,13). The molecule has 4 heteroatoms. The zero-order chi connectivity index (χ0) is 10.7. The maximum atomic E-state index is 5.44. The second kappa shape index (κ2) is 4.94. The minimum absolute atomic E-state index is 0.656. The molecule has 2 heterocycles. The third kappa shape index (κ3) is 2.92. The molecule has 15 heavy (non-hydrogen) atoms. The number of nitrogens with zero attached hydrogens (tertiary/aromatic N) is 1. The number of ether oxygens (including phenoxy) is 1. The van der Waals surface area contributed by atoms with Gasteiger partial charge in [-0.15, -0.1) is 11.3 Å². The first-order valence-electron chi connectivity index (χ1n) is 5.51. The minimum Gasteiger partial charge on any atom is -0.381 e. The lowest BCUT2D eigenvalue weighted by atomic mass is 10.0. The van der Waals surface area contributed by atoms with Crippen LogP contribution >= 0.6 is 11.3 Å². The van der Waals surface area contributed by atoms with Crippen LogP contribution in [0.4, 0.5) is 5.13 Å². The molecular weight excluding hydrogens is 208 g/mol. The topological polar surface area (TPSA) is 34.2 Å². The Kier molecular flexibility index (Phi) is 3.59. The molecule has 1 aliphatic rings. The molecule has 84 valence electrons. The summed E-state index contributed by atoms with van der Waals surface area (Å²) >= 11 is 1.74. The molecule has 1 aromatic rings. The number of aromatic nitrogens is 1. The SMILES string of the molecule is Cc1nc(NCC2CCCOC2)sc1C. The quantitative estimate of drug-likeness (QED) is 0.860. The molecule has 1 N–H and O–H groups in total. The largest absolute Gasteiger partial charge is 0.381 e. The van der Waals surface area contributed by atoms with E-state index >= 15 is 0 Å². The molecule has 1 aromatic heterocycles. The van der Waals surface area contributed by atoms with E-state index in [4.69, 9.17) is 4.74 Å². The highest BCUT2D eigenvalue weighted by atomic mass is 32.1. The van der Waals surface area contributed by atoms with Gasteiger partial charge in [0.25, 0.3) is 0 Å². The molecule has 0 amide bonds. The van der Waals surface area contributed by atoms with Gasteiger partial charge in [0.05, 0.1) is 12.3 Å². The second-order valence-electron chi connectivity index (χ2n) is 4.12. The van der Waals surface area contributed by atoms with Gasteiger partial charge in [-0.25, -0.2) is 4.98 Å². The van der Waals surface area contributed by atoms with Crippen molar-refractivity contribution in [1.29, 1.82) is 0 Å². The Balaban J connectivity index is 1.81. The van der Waals surface area contributed by atoms with Crippen molar-refractivity contribution in [3.63, 3.8) is 0 Å². The van der Waals surface area contributed by atoms with Gasteiger partial charge in [-0.1, -0.05) is 0 Å². The van der Waals surface area contributed by atoms with Crippen LogP contribution in [-0.4, -0.2) is 24.7 Å². The third-order valence-electron chi connectivity index (χ3n) is 2.83. The molecule has 1 saturated heterocycles. The first kappa shape index (κ1) is 10.9. The zero-order valence-electron chi connectivity index (χ0n) is 9.38. The lowest BCUT2D eigenvalue weighted by Gasteiger charge is -2.21. The Morgan fingerprint density at radius 3 is 3.00 bits per heavy atom. The molecule has 1 unspecified atom stereocenters. The van der Waals surface area contributed by atoms with Crippen molar-refractivity contribution in [3.8, 4) is 0 Å². The molecule has 1 aliphatic heterocycles. The van der Waals surface area contributed by atoms with E-state index in [1.54, 1.807) is 11.3 Å². The summed E-state index contributed by atoms with van der Waals surface area (Å²) in [5.74, 6) is 0.656. The molecule has 0 bridgehead atoms. The van der Waals surface area contributed by atoms with Crippen LogP contribution in [-0.2, 0) is 4.74 Å². The molecule has 2 rings (SSSR count). The number of aryl methyl sites for hydroxylation is 2. The second-order valence-corrected chi connectivity index (χ2v) is 5.33. The number of rotatable bonds is 3. The number of hydrogen-bond donors (Lipinski definition) is 1. The van der Waals surface area contributed by atoms with Gasteiger partial charge < -0.3 is 10.1 Å². The molecule has 1 atom stereocenters. The summed E-state index contributed by atoms with van der Waals surface area (Å²) in [6.45, 7) is 7.00. The summed E-state index contributed by atoms with van der Waals surface area (Å²) in [6, 6.07) is 0. The van der Waals surface area contributed by atoms with Gasteiger partial charge in [-0.2, -0.15) is 0 Å². The van der Waals surface area contributed by atoms with E-state index in [1.165, 1.54) is 17.7 Å². The normalized spacial score (nSPS) is 21.6. The lowest BCUT2D eigenvalue weighted by molar-refractivity contribution is 0.0595. The zero-order valence-corrected chi connectivity index (χ0v) is 10.2. The Morgan fingerprint density at radius 2 is 2.40 bits per heavy atom. The molecule has 0 aliphatic carbocycles. The van der Waals surface area contributed by atoms with Crippen molar-refractivity contribution in [2.45, 2.75) is 26.7 Å². The van der Waals surface area contributed by atoms with Crippen LogP contribution in [0.5, 0.6) is 0 Å². The fourth-order valence-corrected chi connectivity index (χ4v) is 2.57. The summed E-state index contributed by atoms with van der Waals surface area (Å²) in [7, 11) is 0. The van der Waals surface area contributed by atoms with Crippen LogP contribution < -0.4 is 5.32 Å². The Bertz CT molecular complexity index is 299. The number of anilines is 1. The summed E-state index contributed by atoms with van der Waals surface area (Å²) in [5.41, 5.74) is 1.14. The molecule has 0 saturated carbocycles. The summed E-state index contributed by atoms with van der Waals surface area (Å²) < 4.78 is 5.44. The Morgan fingerprint density at radius 1 is 1.53 bits per heavy atom. The maximum absolute atomic E-state index is 5.44. The van der Waals surface area contributed by atoms with Crippen molar-refractivity contribution in [3.05, 3.63) is 10.6 Å².